The molecule has 1 aliphatic rings. The van der Waals surface area contributed by atoms with Gasteiger partial charge in [-0.15, -0.1) is 13.2 Å². The number of allylic oxidation sites excluding steroid dienone is 2. The van der Waals surface area contributed by atoms with E-state index in [1.54, 1.807) is 6.08 Å². The van der Waals surface area contributed by atoms with Crippen LogP contribution in [0.25, 0.3) is 0 Å². The van der Waals surface area contributed by atoms with Gasteiger partial charge in [-0.05, 0) is 63.0 Å². The molecule has 3 unspecified atom stereocenters. The molecule has 1 aromatic rings. The zero-order valence-corrected chi connectivity index (χ0v) is 18.5. The molecule has 0 saturated carbocycles. The second-order valence-electron chi connectivity index (χ2n) is 8.79. The van der Waals surface area contributed by atoms with Gasteiger partial charge in [0.15, 0.2) is 0 Å². The Morgan fingerprint density at radius 1 is 1.12 bits per heavy atom. The van der Waals surface area contributed by atoms with Crippen LogP contribution < -0.4 is 0 Å². The van der Waals surface area contributed by atoms with E-state index in [1.165, 1.54) is 18.5 Å². The molecule has 1 aromatic carbocycles. The zero-order valence-electron chi connectivity index (χ0n) is 18.5. The summed E-state index contributed by atoms with van der Waals surface area (Å²) in [6.07, 6.45) is 7.25. The van der Waals surface area contributed by atoms with Crippen molar-refractivity contribution in [3.63, 3.8) is 0 Å². The standard InChI is InChI=1S/C12H25N.C10H12.C3H6/c1-9-10(2)13(6)8-11(9)7-12(3,4)5;1-2-3-7-10-8-5-4-6-9-10;1-3-2/h9-11H,7-8H2,1-6H3;2,4-6,8-9H,1,3,7H2;3H,1H2,2H3. The van der Waals surface area contributed by atoms with Crippen molar-refractivity contribution in [1.82, 2.24) is 4.90 Å². The van der Waals surface area contributed by atoms with E-state index >= 15 is 0 Å². The summed E-state index contributed by atoms with van der Waals surface area (Å²) in [5.41, 5.74) is 1.88. The Balaban J connectivity index is 0.000000428. The third-order valence-corrected chi connectivity index (χ3v) is 5.08. The number of hydrogen-bond acceptors (Lipinski definition) is 1. The second kappa shape index (κ2) is 12.9. The first-order valence-corrected chi connectivity index (χ1v) is 10.1. The average Bonchev–Trinajstić information content (AvgIpc) is 2.81. The number of aryl methyl sites for hydroxylation is 1. The lowest BCUT2D eigenvalue weighted by molar-refractivity contribution is 0.262. The Bertz CT molecular complexity index is 483. The highest BCUT2D eigenvalue weighted by Gasteiger charge is 2.35. The Hall–Kier alpha value is -1.34. The van der Waals surface area contributed by atoms with E-state index in [0.29, 0.717) is 5.41 Å². The Morgan fingerprint density at radius 2 is 1.65 bits per heavy atom. The van der Waals surface area contributed by atoms with Crippen LogP contribution in [0.3, 0.4) is 0 Å². The highest BCUT2D eigenvalue weighted by atomic mass is 15.2. The lowest BCUT2D eigenvalue weighted by atomic mass is 9.79. The van der Waals surface area contributed by atoms with Crippen LogP contribution in [0.15, 0.2) is 55.6 Å². The topological polar surface area (TPSA) is 3.24 Å². The normalized spacial score (nSPS) is 22.5. The van der Waals surface area contributed by atoms with Gasteiger partial charge in [0.2, 0.25) is 0 Å². The largest absolute Gasteiger partial charge is 0.303 e. The Kier molecular flexibility index (Phi) is 12.3. The average molecular weight is 358 g/mol. The third-order valence-electron chi connectivity index (χ3n) is 5.08. The van der Waals surface area contributed by atoms with E-state index in [9.17, 15) is 0 Å². The van der Waals surface area contributed by atoms with Gasteiger partial charge < -0.3 is 4.90 Å². The minimum Gasteiger partial charge on any atom is -0.303 e. The van der Waals surface area contributed by atoms with Crippen LogP contribution in [0.5, 0.6) is 0 Å². The van der Waals surface area contributed by atoms with Crippen molar-refractivity contribution in [1.29, 1.82) is 0 Å². The molecule has 0 amide bonds. The second-order valence-corrected chi connectivity index (χ2v) is 8.79. The summed E-state index contributed by atoms with van der Waals surface area (Å²) in [4.78, 5) is 2.50. The monoisotopic (exact) mass is 357 g/mol. The highest BCUT2D eigenvalue weighted by Crippen LogP contribution is 2.36. The van der Waals surface area contributed by atoms with E-state index in [0.717, 1.165) is 30.7 Å². The van der Waals surface area contributed by atoms with Gasteiger partial charge in [0.05, 0.1) is 0 Å². The quantitative estimate of drug-likeness (QED) is 0.524. The van der Waals surface area contributed by atoms with Crippen LogP contribution in [-0.4, -0.2) is 24.5 Å². The van der Waals surface area contributed by atoms with E-state index in [2.05, 4.69) is 84.0 Å². The van der Waals surface area contributed by atoms with Gasteiger partial charge in [-0.2, -0.15) is 0 Å². The summed E-state index contributed by atoms with van der Waals surface area (Å²) in [6.45, 7) is 22.0. The first kappa shape index (κ1) is 24.7. The summed E-state index contributed by atoms with van der Waals surface area (Å²) >= 11 is 0. The molecule has 1 aliphatic heterocycles. The third kappa shape index (κ3) is 10.6. The van der Waals surface area contributed by atoms with Gasteiger partial charge in [-0.25, -0.2) is 0 Å². The van der Waals surface area contributed by atoms with Gasteiger partial charge >= 0.3 is 0 Å². The summed E-state index contributed by atoms with van der Waals surface area (Å²) in [7, 11) is 2.25. The van der Waals surface area contributed by atoms with Crippen molar-refractivity contribution in [3.8, 4) is 0 Å². The molecule has 0 N–H and O–H groups in total. The number of nitrogens with zero attached hydrogens (tertiary/aromatic N) is 1. The van der Waals surface area contributed by atoms with Crippen LogP contribution in [0.4, 0.5) is 0 Å². The Morgan fingerprint density at radius 3 is 2.04 bits per heavy atom. The van der Waals surface area contributed by atoms with Crippen molar-refractivity contribution < 1.29 is 0 Å². The molecule has 3 atom stereocenters. The number of likely N-dealkylation sites (tertiary alicyclic amines) is 1. The summed E-state index contributed by atoms with van der Waals surface area (Å²) in [6, 6.07) is 11.2. The first-order valence-electron chi connectivity index (χ1n) is 10.1. The number of benzene rings is 1. The minimum atomic E-state index is 0.490. The lowest BCUT2D eigenvalue weighted by Crippen LogP contribution is -2.24. The minimum absolute atomic E-state index is 0.490. The van der Waals surface area contributed by atoms with Gasteiger partial charge in [0, 0.05) is 12.6 Å². The predicted molar refractivity (Wildman–Crippen MR) is 120 cm³/mol. The predicted octanol–water partition coefficient (Wildman–Crippen LogP) is 7.01. The van der Waals surface area contributed by atoms with Crippen molar-refractivity contribution in [2.75, 3.05) is 13.6 Å². The summed E-state index contributed by atoms with van der Waals surface area (Å²) < 4.78 is 0. The highest BCUT2D eigenvalue weighted by molar-refractivity contribution is 5.14. The maximum absolute atomic E-state index is 3.68. The van der Waals surface area contributed by atoms with Crippen molar-refractivity contribution >= 4 is 0 Å². The fraction of sp³-hybridized carbons (Fsp3) is 0.600. The molecule has 26 heavy (non-hydrogen) atoms. The summed E-state index contributed by atoms with van der Waals surface area (Å²) in [5, 5.41) is 0. The van der Waals surface area contributed by atoms with Gasteiger partial charge in [0.25, 0.3) is 0 Å². The van der Waals surface area contributed by atoms with Crippen molar-refractivity contribution in [2.24, 2.45) is 17.3 Å². The zero-order chi connectivity index (χ0) is 20.2. The van der Waals surface area contributed by atoms with Crippen LogP contribution in [0.2, 0.25) is 0 Å². The molecule has 0 bridgehead atoms. The Labute approximate surface area is 164 Å². The fourth-order valence-electron chi connectivity index (χ4n) is 3.45. The molecule has 1 heteroatoms. The van der Waals surface area contributed by atoms with Crippen LogP contribution >= 0.6 is 0 Å². The van der Waals surface area contributed by atoms with Crippen LogP contribution in [-0.2, 0) is 6.42 Å². The smallest absolute Gasteiger partial charge is 0.00927 e. The SMILES string of the molecule is C=CC.C=CCCc1ccccc1.CC1C(CC(C)(C)C)CN(C)C1C. The fourth-order valence-corrected chi connectivity index (χ4v) is 3.45. The molecule has 1 saturated heterocycles. The van der Waals surface area contributed by atoms with Crippen molar-refractivity contribution in [3.05, 3.63) is 61.2 Å². The molecular formula is C25H43N. The molecule has 1 nitrogen and oxygen atoms in total. The molecule has 0 aliphatic carbocycles. The van der Waals surface area contributed by atoms with Gasteiger partial charge in [-0.3, -0.25) is 0 Å². The van der Waals surface area contributed by atoms with E-state index in [4.69, 9.17) is 0 Å². The summed E-state index contributed by atoms with van der Waals surface area (Å²) in [5.74, 6) is 1.77. The van der Waals surface area contributed by atoms with E-state index in [-0.39, 0.29) is 0 Å². The molecule has 2 rings (SSSR count). The molecule has 0 radical (unpaired) electrons. The van der Waals surface area contributed by atoms with Crippen LogP contribution in [0.1, 0.15) is 59.9 Å². The molecule has 0 spiro atoms. The van der Waals surface area contributed by atoms with Crippen molar-refractivity contribution in [2.45, 2.75) is 66.8 Å². The molecule has 148 valence electrons. The van der Waals surface area contributed by atoms with E-state index < -0.39 is 0 Å². The maximum Gasteiger partial charge on any atom is 0.00927 e. The molecule has 1 heterocycles. The van der Waals surface area contributed by atoms with Gasteiger partial charge in [0.1, 0.15) is 0 Å². The number of hydrogen-bond donors (Lipinski definition) is 0. The number of rotatable bonds is 4. The van der Waals surface area contributed by atoms with E-state index in [1.807, 2.05) is 19.1 Å². The molecule has 0 aromatic heterocycles. The van der Waals surface area contributed by atoms with Crippen LogP contribution in [0, 0.1) is 17.3 Å². The molecule has 1 fully saturated rings. The lowest BCUT2D eigenvalue weighted by Gasteiger charge is -2.25. The molecular weight excluding hydrogens is 314 g/mol. The van der Waals surface area contributed by atoms with Gasteiger partial charge in [-0.1, -0.05) is 70.2 Å². The first-order chi connectivity index (χ1) is 12.2. The maximum atomic E-state index is 3.68.